The Labute approximate surface area is 541 Å². The Morgan fingerprint density at radius 1 is 0.589 bits per heavy atom. The normalized spacial score (nSPS) is 13.0. The van der Waals surface area contributed by atoms with E-state index in [4.69, 9.17) is 86.3 Å². The Morgan fingerprint density at radius 2 is 1.20 bits per heavy atom. The maximum Gasteiger partial charge on any atom is 2.00 e. The van der Waals surface area contributed by atoms with Crippen LogP contribution in [0.5, 0.6) is 0 Å². The summed E-state index contributed by atoms with van der Waals surface area (Å²) in [5.41, 5.74) is 0.0520. The molecule has 7 heterocycles. The predicted octanol–water partition coefficient (Wildman–Crippen LogP) is 5.48. The molecule has 90 heavy (non-hydrogen) atoms. The van der Waals surface area contributed by atoms with Crippen molar-refractivity contribution in [2.24, 2.45) is 0 Å². The van der Waals surface area contributed by atoms with Crippen molar-refractivity contribution in [1.82, 2.24) is 69.3 Å². The van der Waals surface area contributed by atoms with Crippen LogP contribution in [0.1, 0.15) is 13.3 Å². The molecule has 0 amide bonds. The Hall–Kier alpha value is -6.97. The summed E-state index contributed by atoms with van der Waals surface area (Å²) in [6.45, 7) is 0.459. The molecule has 7 N–H and O–H groups in total. The van der Waals surface area contributed by atoms with Crippen molar-refractivity contribution in [3.05, 3.63) is 93.0 Å². The van der Waals surface area contributed by atoms with Gasteiger partial charge < -0.3 is 45.6 Å². The van der Waals surface area contributed by atoms with Crippen LogP contribution in [-0.4, -0.2) is 157 Å². The Kier molecular flexibility index (Phi) is 18.3. The predicted molar refractivity (Wildman–Crippen MR) is 329 cm³/mol. The first-order chi connectivity index (χ1) is 41.9. The minimum atomic E-state index is -4.97. The van der Waals surface area contributed by atoms with Crippen LogP contribution in [0.4, 0.5) is 23.5 Å². The Morgan fingerprint density at radius 3 is 1.89 bits per heavy atom. The van der Waals surface area contributed by atoms with Gasteiger partial charge in [0.2, 0.25) is 37.9 Å². The van der Waals surface area contributed by atoms with Crippen molar-refractivity contribution in [2.75, 3.05) is 60.8 Å². The van der Waals surface area contributed by atoms with Gasteiger partial charge in [-0.25, -0.2) is 49.6 Å². The summed E-state index contributed by atoms with van der Waals surface area (Å²) in [6.07, 6.45) is 1.17. The number of nitrogens with zero attached hydrogens (tertiary/aromatic N) is 13. The molecule has 0 aliphatic carbocycles. The van der Waals surface area contributed by atoms with E-state index >= 15 is 0 Å². The number of pyridine rings is 1. The van der Waals surface area contributed by atoms with Crippen molar-refractivity contribution >= 4 is 164 Å². The Bertz CT molecular complexity index is 5270. The number of aliphatic hydroxyl groups excluding tert-OH is 1. The van der Waals surface area contributed by atoms with Crippen molar-refractivity contribution in [2.45, 2.75) is 39.0 Å². The van der Waals surface area contributed by atoms with E-state index < -0.39 is 89.8 Å². The largest absolute Gasteiger partial charge is 2.00 e. The minimum Gasteiger partial charge on any atom is -0.395 e. The van der Waals surface area contributed by atoms with Crippen molar-refractivity contribution < 1.29 is 73.4 Å². The number of benzene rings is 4. The van der Waals surface area contributed by atoms with Gasteiger partial charge in [0, 0.05) is 84.1 Å². The van der Waals surface area contributed by atoms with E-state index in [-0.39, 0.29) is 169 Å². The first-order valence-corrected chi connectivity index (χ1v) is 34.8. The number of rotatable bonds is 19. The molecule has 4 aromatic carbocycles. The number of fused-ring (bicyclic) bond motifs is 20. The molecule has 1 atom stereocenters. The number of hydrogen-bond acceptors (Lipinski definition) is 24. The average Bonchev–Trinajstić information content (AvgIpc) is 1.58. The van der Waals surface area contributed by atoms with Crippen molar-refractivity contribution in [3.63, 3.8) is 0 Å². The quantitative estimate of drug-likeness (QED) is 0.0173. The third kappa shape index (κ3) is 13.2. The van der Waals surface area contributed by atoms with E-state index in [9.17, 15) is 56.3 Å². The maximum atomic E-state index is 14.2. The molecule has 0 fully saturated rings. The van der Waals surface area contributed by atoms with Gasteiger partial charge in [-0.2, -0.15) is 31.8 Å². The number of halogens is 4. The third-order valence-electron chi connectivity index (χ3n) is 13.3. The molecule has 11 rings (SSSR count). The van der Waals surface area contributed by atoms with Crippen LogP contribution in [0, 0.1) is 0 Å². The molecule has 1 radical (unpaired) electrons. The van der Waals surface area contributed by atoms with Crippen LogP contribution in [0.25, 0.3) is 89.8 Å². The number of sulfone groups is 1. The SMILES string of the molecule is CC(CO)NS(=O)(=O)CCCS(=O)(=O)c1ccc2c(c1)-c1nc-2nc2nc(nc3[n-]c(nc4[n-]c(n1)c1ccc(S(=O)(=O)NCCNc5nc(Nc6cc(S(=O)(=O)O)ccc6S(=O)(=O)O)nc(N(C)C)n5)cc41)c1cccnc31)-c1c(Cl)c(Cl)c(Cl)c(Cl)c1-2.[Cu+2]. The second kappa shape index (κ2) is 24.9. The fourth-order valence-electron chi connectivity index (χ4n) is 9.13. The van der Waals surface area contributed by atoms with E-state index in [1.54, 1.807) is 26.2 Å². The van der Waals surface area contributed by atoms with Crippen LogP contribution in [0.3, 0.4) is 0 Å². The molecule has 0 saturated carbocycles. The van der Waals surface area contributed by atoms with Crippen LogP contribution < -0.4 is 34.9 Å². The molecule has 2 aliphatic rings. The second-order valence-electron chi connectivity index (χ2n) is 19.7. The summed E-state index contributed by atoms with van der Waals surface area (Å²) in [5, 5.41) is 15.0. The topological polar surface area (TPSA) is 440 Å². The molecular formula is C50H41Cl4CuN17O13S5. The summed E-state index contributed by atoms with van der Waals surface area (Å²) in [7, 11) is -19.3. The fourth-order valence-corrected chi connectivity index (χ4v) is 15.2. The molecule has 0 saturated heterocycles. The summed E-state index contributed by atoms with van der Waals surface area (Å²) < 4.78 is 154. The first kappa shape index (κ1) is 66.0. The zero-order valence-electron chi connectivity index (χ0n) is 45.8. The standard InChI is InChI=1S/C50H41Cl4N17O13S5.Cu/c1-22(21-72)70-86(75,76)17-5-16-85(73,74)23-7-10-26-29(18-23)43-59-40-27-11-8-24(87(77,78)57-15-14-56-48-67-49(69-50(68-48)71(2)3)58-31-20-25(88(79,80)81)9-12-32(31)89(82,83)84)19-30(27)44(60-40)62-42-28-6-4-13-55-39(28)47(64-42)66-46-34-33(45(65-46)63-41(26)61-43)35(51)37(53)38(54)36(34)52;/h4,6-13,18-20,22,57,70,72H,5,14-17,21H2,1-3H3,(H4-2,56,58,59,60,61,62,63,64,65,66,67,68,69,79,80,81,82,83,84);/q-2;+2. The van der Waals surface area contributed by atoms with Crippen molar-refractivity contribution in [3.8, 4) is 45.6 Å². The van der Waals surface area contributed by atoms with Gasteiger partial charge in [-0.3, -0.25) is 14.1 Å². The van der Waals surface area contributed by atoms with E-state index in [1.165, 1.54) is 54.4 Å². The number of sulfonamides is 2. The van der Waals surface area contributed by atoms with Gasteiger partial charge in [-0.1, -0.05) is 58.5 Å². The van der Waals surface area contributed by atoms with Gasteiger partial charge in [0.25, 0.3) is 20.2 Å². The number of hydrogen-bond donors (Lipinski definition) is 7. The van der Waals surface area contributed by atoms with Crippen LogP contribution in [0.2, 0.25) is 20.1 Å². The van der Waals surface area contributed by atoms with Gasteiger partial charge in [-0.15, -0.1) is 0 Å². The first-order valence-electron chi connectivity index (χ1n) is 25.6. The van der Waals surface area contributed by atoms with Gasteiger partial charge in [0.1, 0.15) is 4.90 Å². The second-order valence-corrected chi connectivity index (χ2v) is 29.8. The molecule has 0 spiro atoms. The summed E-state index contributed by atoms with van der Waals surface area (Å²) in [4.78, 5) is 54.8. The van der Waals surface area contributed by atoms with Crippen molar-refractivity contribution in [1.29, 1.82) is 0 Å². The molecule has 473 valence electrons. The van der Waals surface area contributed by atoms with Crippen LogP contribution >= 0.6 is 46.4 Å². The van der Waals surface area contributed by atoms with E-state index in [0.29, 0.717) is 5.39 Å². The number of aromatic nitrogens is 12. The average molecular weight is 1450 g/mol. The van der Waals surface area contributed by atoms with Crippen LogP contribution in [-0.2, 0) is 67.2 Å². The molecule has 5 aromatic heterocycles. The Balaban J connectivity index is 0.00000891. The van der Waals surface area contributed by atoms with Gasteiger partial charge in [0.05, 0.1) is 81.3 Å². The summed E-state index contributed by atoms with van der Waals surface area (Å²) in [6, 6.07) is 12.7. The zero-order valence-corrected chi connectivity index (χ0v) is 53.9. The van der Waals surface area contributed by atoms with E-state index in [1.807, 2.05) is 0 Å². The molecule has 2 aliphatic heterocycles. The van der Waals surface area contributed by atoms with Crippen LogP contribution in [0.15, 0.2) is 92.5 Å². The zero-order chi connectivity index (χ0) is 63.9. The minimum absolute atomic E-state index is 0. The third-order valence-corrected chi connectivity index (χ3v) is 21.7. The van der Waals surface area contributed by atoms with Gasteiger partial charge >= 0.3 is 17.1 Å². The molecule has 40 heteroatoms. The smallest absolute Gasteiger partial charge is 0.395 e. The molecule has 1 unspecified atom stereocenters. The van der Waals surface area contributed by atoms with E-state index in [0.717, 1.165) is 18.2 Å². The van der Waals surface area contributed by atoms with Gasteiger partial charge in [-0.05, 0) is 78.7 Å². The number of anilines is 4. The molecule has 9 aromatic rings. The van der Waals surface area contributed by atoms with E-state index in [2.05, 4.69) is 40.0 Å². The summed E-state index contributed by atoms with van der Waals surface area (Å²) in [5.74, 6) is -2.16. The molecular weight excluding hydrogens is 1410 g/mol. The van der Waals surface area contributed by atoms with Gasteiger partial charge in [0.15, 0.2) is 21.5 Å². The summed E-state index contributed by atoms with van der Waals surface area (Å²) >= 11 is 27.0. The monoisotopic (exact) mass is 1450 g/mol. The molecule has 8 bridgehead atoms. The maximum absolute atomic E-state index is 14.2. The fraction of sp³-hybridized carbons (Fsp3) is 0.200. The number of nitrogens with one attached hydrogen (secondary N) is 4. The molecule has 30 nitrogen and oxygen atoms in total. The number of aliphatic hydroxyl groups is 1.